The van der Waals surface area contributed by atoms with E-state index in [0.29, 0.717) is 16.3 Å². The number of hydrogen-bond acceptors (Lipinski definition) is 4. The summed E-state index contributed by atoms with van der Waals surface area (Å²) in [6.45, 7) is 1.88. The molecule has 2 aromatic heterocycles. The van der Waals surface area contributed by atoms with Gasteiger partial charge < -0.3 is 15.0 Å². The smallest absolute Gasteiger partial charge is 0.322 e. The average Bonchev–Trinajstić information content (AvgIpc) is 3.47. The number of aromatic nitrogens is 3. The van der Waals surface area contributed by atoms with Crippen molar-refractivity contribution in [3.63, 3.8) is 0 Å². The highest BCUT2D eigenvalue weighted by Crippen LogP contribution is 2.35. The summed E-state index contributed by atoms with van der Waals surface area (Å²) in [7, 11) is 0. The van der Waals surface area contributed by atoms with Crippen LogP contribution in [-0.4, -0.2) is 31.8 Å². The number of fused-ring (bicyclic) bond motifs is 2. The standard InChI is InChI=1S/C26H20FN5O3/c1-14-20-10-16(5-9-22(20)31-30-14)15-2-6-18(7-3-15)26(24(34)28-25(35)29-26)13-32-12-17-4-8-19(27)11-21(17)23(32)33/h2-12,33H,13H2,1H3,(H,30,31)(H2,28,29,34,35)/t26-/m0/s1. The van der Waals surface area contributed by atoms with E-state index in [4.69, 9.17) is 0 Å². The van der Waals surface area contributed by atoms with E-state index in [1.54, 1.807) is 24.4 Å². The number of carbonyl (C=O) groups is 2. The maximum Gasteiger partial charge on any atom is 0.322 e. The van der Waals surface area contributed by atoms with Crippen molar-refractivity contribution in [1.82, 2.24) is 25.4 Å². The first-order valence-corrected chi connectivity index (χ1v) is 11.0. The Kier molecular flexibility index (Phi) is 4.44. The molecular formula is C26H20FN5O3. The van der Waals surface area contributed by atoms with Crippen LogP contribution in [0.15, 0.2) is 66.9 Å². The van der Waals surface area contributed by atoms with Gasteiger partial charge in [0.1, 0.15) is 5.82 Å². The van der Waals surface area contributed by atoms with E-state index >= 15 is 0 Å². The second-order valence-corrected chi connectivity index (χ2v) is 8.78. The molecule has 0 unspecified atom stereocenters. The molecule has 0 bridgehead atoms. The lowest BCUT2D eigenvalue weighted by Crippen LogP contribution is -2.47. The number of hydrogen-bond donors (Lipinski definition) is 4. The number of carbonyl (C=O) groups excluding carboxylic acids is 2. The van der Waals surface area contributed by atoms with Crippen LogP contribution >= 0.6 is 0 Å². The van der Waals surface area contributed by atoms with E-state index < -0.39 is 23.3 Å². The average molecular weight is 469 g/mol. The fraction of sp³-hybridized carbons (Fsp3) is 0.115. The van der Waals surface area contributed by atoms with E-state index in [0.717, 1.165) is 27.7 Å². The van der Waals surface area contributed by atoms with Gasteiger partial charge in [0.15, 0.2) is 11.4 Å². The number of nitrogens with zero attached hydrogens (tertiary/aromatic N) is 2. The largest absolute Gasteiger partial charge is 0.494 e. The van der Waals surface area contributed by atoms with Crippen molar-refractivity contribution in [3.05, 3.63) is 83.9 Å². The zero-order valence-electron chi connectivity index (χ0n) is 18.6. The van der Waals surface area contributed by atoms with Crippen molar-refractivity contribution in [2.45, 2.75) is 19.0 Å². The number of benzene rings is 3. The molecule has 0 radical (unpaired) electrons. The van der Waals surface area contributed by atoms with Crippen LogP contribution < -0.4 is 10.6 Å². The lowest BCUT2D eigenvalue weighted by molar-refractivity contribution is -0.124. The predicted octanol–water partition coefficient (Wildman–Crippen LogP) is 4.07. The number of urea groups is 1. The topological polar surface area (TPSA) is 112 Å². The molecule has 0 aliphatic carbocycles. The molecule has 1 fully saturated rings. The highest BCUT2D eigenvalue weighted by Gasteiger charge is 2.48. The molecule has 4 N–H and O–H groups in total. The molecule has 174 valence electrons. The molecule has 0 saturated carbocycles. The third-order valence-corrected chi connectivity index (χ3v) is 6.63. The molecule has 35 heavy (non-hydrogen) atoms. The third kappa shape index (κ3) is 3.23. The SMILES string of the molecule is Cc1[nH]nc2ccc(-c3ccc([C@]4(Cn5cc6ccc(F)cc6c5O)NC(=O)NC4=O)cc3)cc12. The number of halogens is 1. The van der Waals surface area contributed by atoms with Gasteiger partial charge in [0.2, 0.25) is 0 Å². The van der Waals surface area contributed by atoms with Gasteiger partial charge >= 0.3 is 6.03 Å². The summed E-state index contributed by atoms with van der Waals surface area (Å²) in [5.41, 5.74) is 2.87. The van der Waals surface area contributed by atoms with Crippen LogP contribution in [0.2, 0.25) is 0 Å². The molecule has 0 spiro atoms. The molecule has 3 amide bonds. The Bertz CT molecular complexity index is 1650. The molecule has 1 aliphatic heterocycles. The van der Waals surface area contributed by atoms with E-state index in [9.17, 15) is 19.1 Å². The Morgan fingerprint density at radius 3 is 2.51 bits per heavy atom. The highest BCUT2D eigenvalue weighted by atomic mass is 19.1. The van der Waals surface area contributed by atoms with Gasteiger partial charge in [-0.25, -0.2) is 9.18 Å². The molecule has 3 aromatic carbocycles. The van der Waals surface area contributed by atoms with Crippen LogP contribution in [0.3, 0.4) is 0 Å². The monoisotopic (exact) mass is 469 g/mol. The van der Waals surface area contributed by atoms with Gasteiger partial charge in [-0.1, -0.05) is 30.3 Å². The van der Waals surface area contributed by atoms with Crippen molar-refractivity contribution < 1.29 is 19.1 Å². The molecule has 6 rings (SSSR count). The Morgan fingerprint density at radius 2 is 1.77 bits per heavy atom. The molecule has 8 nitrogen and oxygen atoms in total. The quantitative estimate of drug-likeness (QED) is 0.297. The molecule has 1 saturated heterocycles. The van der Waals surface area contributed by atoms with Crippen molar-refractivity contribution in [1.29, 1.82) is 0 Å². The maximum absolute atomic E-state index is 13.7. The van der Waals surface area contributed by atoms with E-state index in [1.807, 2.05) is 37.3 Å². The van der Waals surface area contributed by atoms with Crippen LogP contribution in [0.25, 0.3) is 32.8 Å². The summed E-state index contributed by atoms with van der Waals surface area (Å²) >= 11 is 0. The Morgan fingerprint density at radius 1 is 1.00 bits per heavy atom. The van der Waals surface area contributed by atoms with Crippen LogP contribution in [0.5, 0.6) is 5.88 Å². The lowest BCUT2D eigenvalue weighted by Gasteiger charge is -2.27. The summed E-state index contributed by atoms with van der Waals surface area (Å²) in [6, 6.07) is 16.7. The number of imide groups is 1. The minimum atomic E-state index is -1.45. The molecule has 3 heterocycles. The number of amides is 3. The molecule has 1 atom stereocenters. The molecular weight excluding hydrogens is 449 g/mol. The van der Waals surface area contributed by atoms with Gasteiger partial charge in [0.25, 0.3) is 5.91 Å². The van der Waals surface area contributed by atoms with Gasteiger partial charge in [-0.15, -0.1) is 0 Å². The van der Waals surface area contributed by atoms with Crippen LogP contribution in [0, 0.1) is 12.7 Å². The minimum Gasteiger partial charge on any atom is -0.494 e. The van der Waals surface area contributed by atoms with Crippen molar-refractivity contribution in [2.24, 2.45) is 0 Å². The highest BCUT2D eigenvalue weighted by molar-refractivity contribution is 6.07. The van der Waals surface area contributed by atoms with Gasteiger partial charge in [0.05, 0.1) is 12.1 Å². The number of rotatable bonds is 4. The summed E-state index contributed by atoms with van der Waals surface area (Å²) in [6.07, 6.45) is 1.63. The summed E-state index contributed by atoms with van der Waals surface area (Å²) in [5, 5.41) is 25.0. The maximum atomic E-state index is 13.7. The summed E-state index contributed by atoms with van der Waals surface area (Å²) in [4.78, 5) is 25.2. The fourth-order valence-corrected chi connectivity index (χ4v) is 4.76. The Balaban J connectivity index is 1.41. The first-order valence-electron chi connectivity index (χ1n) is 11.0. The second kappa shape index (κ2) is 7.42. The van der Waals surface area contributed by atoms with Gasteiger partial charge in [0, 0.05) is 28.0 Å². The first kappa shape index (κ1) is 20.9. The first-order chi connectivity index (χ1) is 16.8. The van der Waals surface area contributed by atoms with Gasteiger partial charge in [-0.2, -0.15) is 5.10 Å². The predicted molar refractivity (Wildman–Crippen MR) is 128 cm³/mol. The normalized spacial score (nSPS) is 17.8. The number of aryl methyl sites for hydroxylation is 1. The van der Waals surface area contributed by atoms with Crippen molar-refractivity contribution in [2.75, 3.05) is 0 Å². The van der Waals surface area contributed by atoms with E-state index in [1.165, 1.54) is 16.7 Å². The second-order valence-electron chi connectivity index (χ2n) is 8.78. The van der Waals surface area contributed by atoms with Gasteiger partial charge in [-0.05, 0) is 53.9 Å². The minimum absolute atomic E-state index is 0.0772. The molecule has 5 aromatic rings. The summed E-state index contributed by atoms with van der Waals surface area (Å²) < 4.78 is 15.1. The number of nitrogens with one attached hydrogen (secondary N) is 3. The van der Waals surface area contributed by atoms with E-state index in [2.05, 4.69) is 20.8 Å². The van der Waals surface area contributed by atoms with Crippen LogP contribution in [-0.2, 0) is 16.9 Å². The number of aromatic hydroxyl groups is 1. The molecule has 9 heteroatoms. The number of aromatic amines is 1. The van der Waals surface area contributed by atoms with Gasteiger partial charge in [-0.3, -0.25) is 15.2 Å². The zero-order chi connectivity index (χ0) is 24.3. The van der Waals surface area contributed by atoms with Crippen LogP contribution in [0.1, 0.15) is 11.3 Å². The number of H-pyrrole nitrogens is 1. The van der Waals surface area contributed by atoms with E-state index in [-0.39, 0.29) is 12.4 Å². The zero-order valence-corrected chi connectivity index (χ0v) is 18.6. The van der Waals surface area contributed by atoms with Crippen molar-refractivity contribution in [3.8, 4) is 17.0 Å². The lowest BCUT2D eigenvalue weighted by atomic mass is 9.88. The Labute approximate surface area is 198 Å². The fourth-order valence-electron chi connectivity index (χ4n) is 4.76. The Hall–Kier alpha value is -4.66. The molecule has 1 aliphatic rings. The van der Waals surface area contributed by atoms with Crippen molar-refractivity contribution >= 4 is 33.6 Å². The third-order valence-electron chi connectivity index (χ3n) is 6.63. The summed E-state index contributed by atoms with van der Waals surface area (Å²) in [5.74, 6) is -1.20. The van der Waals surface area contributed by atoms with Crippen LogP contribution in [0.4, 0.5) is 9.18 Å².